The molecule has 3 atom stereocenters. The van der Waals surface area contributed by atoms with Crippen LogP contribution in [0.4, 0.5) is 5.13 Å². The van der Waals surface area contributed by atoms with Crippen molar-refractivity contribution < 1.29 is 44.1 Å². The zero-order valence-corrected chi connectivity index (χ0v) is 30.5. The van der Waals surface area contributed by atoms with E-state index in [2.05, 4.69) is 36.4 Å². The summed E-state index contributed by atoms with van der Waals surface area (Å²) in [7, 11) is 0. The number of rotatable bonds is 11. The van der Waals surface area contributed by atoms with Crippen LogP contribution in [0.15, 0.2) is 52.1 Å². The number of hydrazine groups is 1. The lowest BCUT2D eigenvalue weighted by molar-refractivity contribution is -0.157. The van der Waals surface area contributed by atoms with Crippen molar-refractivity contribution in [1.82, 2.24) is 40.7 Å². The van der Waals surface area contributed by atoms with Crippen LogP contribution < -0.4 is 21.9 Å². The Bertz CT molecular complexity index is 2170. The number of amides is 4. The minimum absolute atomic E-state index is 0.00105. The molecule has 2 aliphatic rings. The number of carboxylic acid groups (broad SMARTS) is 1. The molecule has 0 bridgehead atoms. The van der Waals surface area contributed by atoms with Gasteiger partial charge in [0.1, 0.15) is 27.6 Å². The van der Waals surface area contributed by atoms with E-state index in [1.54, 1.807) is 16.8 Å². The number of carboxylic acids is 1. The summed E-state index contributed by atoms with van der Waals surface area (Å²) in [4.78, 5) is 80.4. The number of hydrogen-bond acceptors (Lipinski definition) is 16. The number of thiazole rings is 1. The van der Waals surface area contributed by atoms with Crippen LogP contribution >= 0.6 is 34.9 Å². The fourth-order valence-electron chi connectivity index (χ4n) is 5.24. The van der Waals surface area contributed by atoms with E-state index in [-0.39, 0.29) is 34.4 Å². The molecule has 0 aliphatic carbocycles. The summed E-state index contributed by atoms with van der Waals surface area (Å²) < 4.78 is 1.63. The van der Waals surface area contributed by atoms with Crippen molar-refractivity contribution in [3.63, 3.8) is 0 Å². The number of thioether (sulfide) groups is 2. The maximum atomic E-state index is 13.6. The number of anilines is 1. The van der Waals surface area contributed by atoms with E-state index in [1.165, 1.54) is 53.7 Å². The molecule has 2 aliphatic heterocycles. The van der Waals surface area contributed by atoms with Crippen molar-refractivity contribution in [2.75, 3.05) is 23.8 Å². The van der Waals surface area contributed by atoms with Crippen molar-refractivity contribution in [1.29, 1.82) is 0 Å². The van der Waals surface area contributed by atoms with Crippen LogP contribution in [-0.4, -0.2) is 110 Å². The molecular weight excluding hydrogens is 753 g/mol. The van der Waals surface area contributed by atoms with E-state index in [1.807, 2.05) is 13.0 Å². The van der Waals surface area contributed by atoms with E-state index in [0.29, 0.717) is 10.7 Å². The SMILES string of the molecule is Cc1cc(SCC2(C(=O)O)CS[C@@H]3C(NC(=O)C(=NOC(C)(C)C(=O)NNC(=O)c4ccc(O)c(O)c4)c4csc(N)n4)C(=O)N3C2)n2nccc2n1. The lowest BCUT2D eigenvalue weighted by atomic mass is 9.89. The molecule has 278 valence electrons. The van der Waals surface area contributed by atoms with Crippen LogP contribution in [-0.2, 0) is 24.0 Å². The predicted molar refractivity (Wildman–Crippen MR) is 192 cm³/mol. The van der Waals surface area contributed by atoms with Crippen LogP contribution in [0.2, 0.25) is 0 Å². The second-order valence-corrected chi connectivity index (χ2v) is 15.5. The van der Waals surface area contributed by atoms with Gasteiger partial charge in [0.25, 0.3) is 17.7 Å². The van der Waals surface area contributed by atoms with Crippen molar-refractivity contribution in [3.05, 3.63) is 58.9 Å². The molecule has 53 heavy (non-hydrogen) atoms. The number of carbonyl (C=O) groups excluding carboxylic acids is 4. The zero-order chi connectivity index (χ0) is 38.2. The van der Waals surface area contributed by atoms with Gasteiger partial charge in [-0.25, -0.2) is 14.5 Å². The number of nitrogens with zero attached hydrogens (tertiary/aromatic N) is 6. The highest BCUT2D eigenvalue weighted by Crippen LogP contribution is 2.44. The monoisotopic (exact) mass is 784 g/mol. The Morgan fingerprint density at radius 1 is 1.15 bits per heavy atom. The molecule has 0 spiro atoms. The highest BCUT2D eigenvalue weighted by molar-refractivity contribution is 8.00. The Morgan fingerprint density at radius 3 is 2.62 bits per heavy atom. The standard InChI is InChI=1S/C31H32N10O9S3/c1-14-8-20(41-19(34-14)6-7-33-41)52-12-31(28(48)49)11-40-25(46)22(26(40)53-13-31)36-24(45)21(16-10-51-29(32)35-16)39-50-30(2,3)27(47)38-37-23(44)15-4-5-17(42)18(43)9-15/h4-10,22,26,42-43H,11-13H2,1-3H3,(H2,32,35)(H,36,45)(H,37,44)(H,38,47)(H,48,49)/t22?,26-,31?/m1/s1. The van der Waals surface area contributed by atoms with E-state index < -0.39 is 69.2 Å². The molecule has 22 heteroatoms. The summed E-state index contributed by atoms with van der Waals surface area (Å²) in [5, 5.41) is 41.9. The number of nitrogens with two attached hydrogens (primary N) is 1. The van der Waals surface area contributed by atoms with Gasteiger partial charge in [-0.05, 0) is 45.0 Å². The fourth-order valence-corrected chi connectivity index (χ4v) is 8.71. The molecule has 0 radical (unpaired) electrons. The lowest BCUT2D eigenvalue weighted by Gasteiger charge is -2.53. The molecule has 1 aromatic carbocycles. The van der Waals surface area contributed by atoms with E-state index in [9.17, 15) is 39.3 Å². The number of aromatic nitrogens is 4. The molecule has 6 rings (SSSR count). The average Bonchev–Trinajstić information content (AvgIpc) is 3.78. The minimum atomic E-state index is -1.78. The molecule has 8 N–H and O–H groups in total. The molecule has 5 heterocycles. The molecule has 2 saturated heterocycles. The molecule has 4 aromatic rings. The summed E-state index contributed by atoms with van der Waals surface area (Å²) in [5.41, 5.74) is 7.95. The number of β-lactam (4-membered cyclic amide) rings is 1. The molecule has 3 aromatic heterocycles. The quantitative estimate of drug-likeness (QED) is 0.0276. The van der Waals surface area contributed by atoms with Crippen LogP contribution in [0.5, 0.6) is 11.5 Å². The number of nitrogens with one attached hydrogen (secondary N) is 3. The number of benzene rings is 1. The first-order valence-corrected chi connectivity index (χ1v) is 18.5. The third-order valence-electron chi connectivity index (χ3n) is 8.26. The maximum absolute atomic E-state index is 13.6. The Morgan fingerprint density at radius 2 is 1.92 bits per heavy atom. The third kappa shape index (κ3) is 7.50. The minimum Gasteiger partial charge on any atom is -0.504 e. The van der Waals surface area contributed by atoms with Gasteiger partial charge < -0.3 is 36.1 Å². The third-order valence-corrected chi connectivity index (χ3v) is 11.8. The Hall–Kier alpha value is -5.61. The summed E-state index contributed by atoms with van der Waals surface area (Å²) in [6.45, 7) is 4.37. The van der Waals surface area contributed by atoms with Gasteiger partial charge in [0, 0.05) is 40.8 Å². The van der Waals surface area contributed by atoms with Crippen molar-refractivity contribution in [3.8, 4) is 11.5 Å². The first kappa shape index (κ1) is 37.2. The highest BCUT2D eigenvalue weighted by atomic mass is 32.2. The van der Waals surface area contributed by atoms with Gasteiger partial charge in [-0.1, -0.05) is 5.16 Å². The van der Waals surface area contributed by atoms with Crippen molar-refractivity contribution in [2.24, 2.45) is 10.6 Å². The Kier molecular flexibility index (Phi) is 10.1. The summed E-state index contributed by atoms with van der Waals surface area (Å²) >= 11 is 3.54. The zero-order valence-electron chi connectivity index (χ0n) is 28.1. The summed E-state index contributed by atoms with van der Waals surface area (Å²) in [6, 6.07) is 5.85. The molecule has 2 fully saturated rings. The van der Waals surface area contributed by atoms with Gasteiger partial charge in [-0.15, -0.1) is 34.9 Å². The van der Waals surface area contributed by atoms with E-state index >= 15 is 0 Å². The molecular formula is C31H32N10O9S3. The van der Waals surface area contributed by atoms with E-state index in [0.717, 1.165) is 29.2 Å². The molecule has 0 saturated carbocycles. The van der Waals surface area contributed by atoms with Gasteiger partial charge in [-0.2, -0.15) is 5.10 Å². The fraction of sp³-hybridized carbons (Fsp3) is 0.323. The second-order valence-electron chi connectivity index (χ2n) is 12.6. The number of nitrogen functional groups attached to an aromatic ring is 1. The number of hydrogen-bond donors (Lipinski definition) is 7. The molecule has 4 amide bonds. The Balaban J connectivity index is 1.11. The smallest absolute Gasteiger partial charge is 0.313 e. The number of oxime groups is 1. The number of aliphatic carboxylic acids is 1. The largest absolute Gasteiger partial charge is 0.504 e. The summed E-state index contributed by atoms with van der Waals surface area (Å²) in [5.74, 6) is -4.78. The van der Waals surface area contributed by atoms with Gasteiger partial charge in [0.05, 0.1) is 6.20 Å². The molecule has 2 unspecified atom stereocenters. The van der Waals surface area contributed by atoms with Crippen LogP contribution in [0.3, 0.4) is 0 Å². The number of aryl methyl sites for hydroxylation is 1. The van der Waals surface area contributed by atoms with Gasteiger partial charge in [0.2, 0.25) is 11.5 Å². The number of phenols is 2. The number of carbonyl (C=O) groups is 5. The number of phenolic OH excluding ortho intramolecular Hbond substituents is 2. The highest BCUT2D eigenvalue weighted by Gasteiger charge is 2.57. The number of aromatic hydroxyl groups is 2. The Labute approximate surface area is 312 Å². The van der Waals surface area contributed by atoms with Crippen LogP contribution in [0, 0.1) is 12.3 Å². The maximum Gasteiger partial charge on any atom is 0.313 e. The van der Waals surface area contributed by atoms with Crippen LogP contribution in [0.1, 0.15) is 35.6 Å². The van der Waals surface area contributed by atoms with Gasteiger partial charge in [-0.3, -0.25) is 34.8 Å². The predicted octanol–water partition coefficient (Wildman–Crippen LogP) is 0.711. The van der Waals surface area contributed by atoms with Crippen molar-refractivity contribution >= 4 is 80.9 Å². The second kappa shape index (κ2) is 14.4. The van der Waals surface area contributed by atoms with E-state index in [4.69, 9.17) is 10.6 Å². The van der Waals surface area contributed by atoms with Crippen molar-refractivity contribution in [2.45, 2.75) is 42.8 Å². The lowest BCUT2D eigenvalue weighted by Crippen LogP contribution is -2.74. The van der Waals surface area contributed by atoms with Gasteiger partial charge in [0.15, 0.2) is 28.0 Å². The van der Waals surface area contributed by atoms with Crippen LogP contribution in [0.25, 0.3) is 5.65 Å². The molecule has 19 nitrogen and oxygen atoms in total. The first-order chi connectivity index (χ1) is 25.1. The average molecular weight is 785 g/mol. The normalized spacial score (nSPS) is 19.9. The number of fused-ring (bicyclic) bond motifs is 2. The first-order valence-electron chi connectivity index (χ1n) is 15.6. The topological polar surface area (TPSA) is 276 Å². The summed E-state index contributed by atoms with van der Waals surface area (Å²) in [6.07, 6.45) is 1.61. The van der Waals surface area contributed by atoms with Gasteiger partial charge >= 0.3 is 5.97 Å².